The van der Waals surface area contributed by atoms with Crippen molar-refractivity contribution in [1.82, 2.24) is 5.32 Å². The van der Waals surface area contributed by atoms with Gasteiger partial charge in [0.05, 0.1) is 7.11 Å². The molecule has 2 saturated carbocycles. The second-order valence-electron chi connectivity index (χ2n) is 7.52. The predicted octanol–water partition coefficient (Wildman–Crippen LogP) is 2.10. The molecule has 154 valence electrons. The predicted molar refractivity (Wildman–Crippen MR) is 108 cm³/mol. The van der Waals surface area contributed by atoms with Gasteiger partial charge in [0.25, 0.3) is 5.91 Å². The van der Waals surface area contributed by atoms with Crippen LogP contribution in [-0.2, 0) is 14.3 Å². The maximum absolute atomic E-state index is 12.7. The number of carbonyl (C=O) groups excluding carboxylic acids is 3. The smallest absolute Gasteiger partial charge is 0.325 e. The van der Waals surface area contributed by atoms with E-state index < -0.39 is 5.97 Å². The van der Waals surface area contributed by atoms with E-state index in [0.717, 1.165) is 25.7 Å². The number of benzene rings is 1. The Bertz CT molecular complexity index is 696. The van der Waals surface area contributed by atoms with Crippen LogP contribution in [0.25, 0.3) is 0 Å². The van der Waals surface area contributed by atoms with E-state index in [1.165, 1.54) is 13.5 Å². The molecule has 1 aromatic carbocycles. The number of carbonyl (C=O) groups is 3. The molecule has 0 saturated heterocycles. The van der Waals surface area contributed by atoms with Crippen LogP contribution in [0.2, 0.25) is 0 Å². The van der Waals surface area contributed by atoms with Gasteiger partial charge in [-0.15, -0.1) is 12.4 Å². The molecule has 28 heavy (non-hydrogen) atoms. The van der Waals surface area contributed by atoms with E-state index in [4.69, 9.17) is 5.73 Å². The monoisotopic (exact) mass is 409 g/mol. The van der Waals surface area contributed by atoms with E-state index in [-0.39, 0.29) is 42.7 Å². The number of ether oxygens (including phenoxy) is 1. The zero-order valence-electron chi connectivity index (χ0n) is 16.0. The minimum Gasteiger partial charge on any atom is -0.468 e. The summed E-state index contributed by atoms with van der Waals surface area (Å²) in [5.74, 6) is 0.0599. The van der Waals surface area contributed by atoms with Crippen LogP contribution in [0.15, 0.2) is 24.3 Å². The lowest BCUT2D eigenvalue weighted by atomic mass is 9.65. The highest BCUT2D eigenvalue weighted by atomic mass is 35.5. The standard InChI is InChI=1S/C20H27N3O4.ClH/c1-27-17(24)11-22-19(25)12-5-7-16(8-6-12)23-20(26)15-9-13-3-2-4-14(10-15)18(13)21;/h5-8,13-15,18H,2-4,9-11,21H2,1H3,(H,22,25)(H,23,26);1H. The average molecular weight is 410 g/mol. The normalized spacial score (nSPS) is 25.8. The Kier molecular flexibility index (Phi) is 7.83. The minimum atomic E-state index is -0.510. The van der Waals surface area contributed by atoms with Crippen LogP contribution in [0.1, 0.15) is 42.5 Å². The number of hydrogen-bond donors (Lipinski definition) is 3. The Labute approximate surface area is 171 Å². The van der Waals surface area contributed by atoms with Gasteiger partial charge >= 0.3 is 5.97 Å². The van der Waals surface area contributed by atoms with Crippen LogP contribution in [0, 0.1) is 17.8 Å². The number of halogens is 1. The Morgan fingerprint density at radius 2 is 1.71 bits per heavy atom. The number of fused-ring (bicyclic) bond motifs is 2. The van der Waals surface area contributed by atoms with Crippen LogP contribution in [0.3, 0.4) is 0 Å². The van der Waals surface area contributed by atoms with Crippen molar-refractivity contribution < 1.29 is 19.1 Å². The van der Waals surface area contributed by atoms with Crippen molar-refractivity contribution in [3.8, 4) is 0 Å². The number of anilines is 1. The molecule has 0 spiro atoms. The highest BCUT2D eigenvalue weighted by Crippen LogP contribution is 2.42. The van der Waals surface area contributed by atoms with Crippen LogP contribution in [0.5, 0.6) is 0 Å². The van der Waals surface area contributed by atoms with Gasteiger partial charge in [0, 0.05) is 23.2 Å². The summed E-state index contributed by atoms with van der Waals surface area (Å²) >= 11 is 0. The quantitative estimate of drug-likeness (QED) is 0.645. The zero-order valence-corrected chi connectivity index (χ0v) is 16.8. The summed E-state index contributed by atoms with van der Waals surface area (Å²) in [7, 11) is 1.26. The molecule has 4 N–H and O–H groups in total. The molecule has 0 radical (unpaired) electrons. The Morgan fingerprint density at radius 1 is 1.11 bits per heavy atom. The van der Waals surface area contributed by atoms with Crippen molar-refractivity contribution in [1.29, 1.82) is 0 Å². The highest BCUT2D eigenvalue weighted by molar-refractivity contribution is 5.97. The van der Waals surface area contributed by atoms with E-state index in [2.05, 4.69) is 15.4 Å². The summed E-state index contributed by atoms with van der Waals surface area (Å²) < 4.78 is 4.48. The molecule has 2 fully saturated rings. The Morgan fingerprint density at radius 3 is 2.29 bits per heavy atom. The van der Waals surface area contributed by atoms with Gasteiger partial charge in [-0.05, 0) is 61.8 Å². The lowest BCUT2D eigenvalue weighted by Gasteiger charge is -2.43. The minimum absolute atomic E-state index is 0. The average Bonchev–Trinajstić information content (AvgIpc) is 2.66. The van der Waals surface area contributed by atoms with Crippen LogP contribution in [0.4, 0.5) is 5.69 Å². The van der Waals surface area contributed by atoms with Gasteiger partial charge < -0.3 is 21.1 Å². The zero-order chi connectivity index (χ0) is 19.4. The topological polar surface area (TPSA) is 111 Å². The molecular weight excluding hydrogens is 382 g/mol. The molecule has 2 amide bonds. The summed E-state index contributed by atoms with van der Waals surface area (Å²) in [5.41, 5.74) is 7.37. The first-order valence-electron chi connectivity index (χ1n) is 9.49. The largest absolute Gasteiger partial charge is 0.468 e. The lowest BCUT2D eigenvalue weighted by Crippen LogP contribution is -2.48. The van der Waals surface area contributed by atoms with Crippen LogP contribution in [-0.4, -0.2) is 37.5 Å². The molecule has 0 heterocycles. The van der Waals surface area contributed by atoms with Gasteiger partial charge in [-0.3, -0.25) is 14.4 Å². The summed E-state index contributed by atoms with van der Waals surface area (Å²) in [6.45, 7) is -0.181. The lowest BCUT2D eigenvalue weighted by molar-refractivity contribution is -0.139. The number of nitrogens with two attached hydrogens (primary N) is 1. The van der Waals surface area contributed by atoms with Gasteiger partial charge in [-0.1, -0.05) is 6.42 Å². The number of esters is 1. The number of hydrogen-bond acceptors (Lipinski definition) is 5. The molecule has 1 aromatic rings. The van der Waals surface area contributed by atoms with Crippen molar-refractivity contribution in [2.75, 3.05) is 19.0 Å². The first kappa shape index (κ1) is 22.2. The molecule has 7 nitrogen and oxygen atoms in total. The molecule has 2 unspecified atom stereocenters. The van der Waals surface area contributed by atoms with E-state index in [0.29, 0.717) is 23.1 Å². The molecule has 2 bridgehead atoms. The number of methoxy groups -OCH3 is 1. The fourth-order valence-corrected chi connectivity index (χ4v) is 4.28. The third-order valence-corrected chi connectivity index (χ3v) is 5.82. The molecule has 8 heteroatoms. The van der Waals surface area contributed by atoms with Crippen molar-refractivity contribution >= 4 is 35.9 Å². The van der Waals surface area contributed by atoms with Crippen molar-refractivity contribution in [2.24, 2.45) is 23.5 Å². The van der Waals surface area contributed by atoms with E-state index >= 15 is 0 Å². The fourth-order valence-electron chi connectivity index (χ4n) is 4.28. The first-order chi connectivity index (χ1) is 13.0. The van der Waals surface area contributed by atoms with Crippen molar-refractivity contribution in [3.63, 3.8) is 0 Å². The second kappa shape index (κ2) is 9.89. The Hall–Kier alpha value is -2.12. The molecule has 2 aliphatic rings. The highest BCUT2D eigenvalue weighted by Gasteiger charge is 2.40. The summed E-state index contributed by atoms with van der Waals surface area (Å²) in [4.78, 5) is 35.7. The molecule has 2 atom stereocenters. The summed E-state index contributed by atoms with van der Waals surface area (Å²) in [6.07, 6.45) is 5.18. The van der Waals surface area contributed by atoms with Gasteiger partial charge in [0.2, 0.25) is 5.91 Å². The van der Waals surface area contributed by atoms with Gasteiger partial charge in [-0.2, -0.15) is 0 Å². The van der Waals surface area contributed by atoms with Crippen molar-refractivity contribution in [3.05, 3.63) is 29.8 Å². The molecule has 0 aliphatic heterocycles. The van der Waals surface area contributed by atoms with Crippen LogP contribution < -0.4 is 16.4 Å². The van der Waals surface area contributed by atoms with Gasteiger partial charge in [0.15, 0.2) is 0 Å². The van der Waals surface area contributed by atoms with Gasteiger partial charge in [0.1, 0.15) is 6.54 Å². The molecule has 3 rings (SSSR count). The number of amides is 2. The fraction of sp³-hybridized carbons (Fsp3) is 0.550. The van der Waals surface area contributed by atoms with E-state index in [1.807, 2.05) is 0 Å². The van der Waals surface area contributed by atoms with E-state index in [9.17, 15) is 14.4 Å². The Balaban J connectivity index is 0.00000280. The molecule has 2 aliphatic carbocycles. The molecular formula is C20H28ClN3O4. The summed E-state index contributed by atoms with van der Waals surface area (Å²) in [5, 5.41) is 5.43. The number of rotatable bonds is 5. The van der Waals surface area contributed by atoms with E-state index in [1.54, 1.807) is 24.3 Å². The molecule has 0 aromatic heterocycles. The third-order valence-electron chi connectivity index (χ3n) is 5.82. The van der Waals surface area contributed by atoms with Crippen LogP contribution >= 0.6 is 12.4 Å². The third kappa shape index (κ3) is 5.23. The number of nitrogens with one attached hydrogen (secondary N) is 2. The van der Waals surface area contributed by atoms with Crippen molar-refractivity contribution in [2.45, 2.75) is 38.1 Å². The summed E-state index contributed by atoms with van der Waals surface area (Å²) in [6, 6.07) is 6.87. The SMILES string of the molecule is COC(=O)CNC(=O)c1ccc(NC(=O)C2CC3CCCC(C2)C3N)cc1.Cl. The maximum atomic E-state index is 12.7. The first-order valence-corrected chi connectivity index (χ1v) is 9.49. The van der Waals surface area contributed by atoms with Gasteiger partial charge in [-0.25, -0.2) is 0 Å². The second-order valence-corrected chi connectivity index (χ2v) is 7.52. The maximum Gasteiger partial charge on any atom is 0.325 e.